The summed E-state index contributed by atoms with van der Waals surface area (Å²) in [7, 11) is 0. The number of carbonyl (C=O) groups excluding carboxylic acids is 2. The standard InChI is InChI=1S/C23H21FN2O3/c24-18-12-10-17(11-13-18)14-15-25-22(27)16-23(28)26-20-8-4-5-9-21(20)29-19-6-2-1-3-7-19/h1-13H,14-16H2,(H,25,27)(H,26,28). The minimum atomic E-state index is -0.437. The highest BCUT2D eigenvalue weighted by Crippen LogP contribution is 2.29. The van der Waals surface area contributed by atoms with E-state index in [1.54, 1.807) is 36.4 Å². The molecule has 5 nitrogen and oxygen atoms in total. The van der Waals surface area contributed by atoms with E-state index in [0.717, 1.165) is 5.56 Å². The molecular formula is C23H21FN2O3. The van der Waals surface area contributed by atoms with Crippen LogP contribution in [-0.2, 0) is 16.0 Å². The quantitative estimate of drug-likeness (QED) is 0.562. The first kappa shape index (κ1) is 20.1. The average Bonchev–Trinajstić information content (AvgIpc) is 2.72. The lowest BCUT2D eigenvalue weighted by Crippen LogP contribution is -2.29. The number of carbonyl (C=O) groups is 2. The van der Waals surface area contributed by atoms with Gasteiger partial charge in [0.25, 0.3) is 0 Å². The van der Waals surface area contributed by atoms with Crippen LogP contribution in [0.1, 0.15) is 12.0 Å². The van der Waals surface area contributed by atoms with Crippen LogP contribution in [0.25, 0.3) is 0 Å². The minimum absolute atomic E-state index is 0.300. The zero-order valence-electron chi connectivity index (χ0n) is 15.7. The summed E-state index contributed by atoms with van der Waals surface area (Å²) in [5.41, 5.74) is 1.39. The zero-order chi connectivity index (χ0) is 20.5. The monoisotopic (exact) mass is 392 g/mol. The normalized spacial score (nSPS) is 10.2. The van der Waals surface area contributed by atoms with Crippen molar-refractivity contribution in [3.8, 4) is 11.5 Å². The zero-order valence-corrected chi connectivity index (χ0v) is 15.7. The summed E-state index contributed by atoms with van der Waals surface area (Å²) < 4.78 is 18.7. The number of amides is 2. The van der Waals surface area contributed by atoms with Crippen molar-refractivity contribution in [2.75, 3.05) is 11.9 Å². The molecule has 148 valence electrons. The number of hydrogen-bond donors (Lipinski definition) is 2. The Labute approximate surface area is 168 Å². The van der Waals surface area contributed by atoms with Crippen LogP contribution in [0.15, 0.2) is 78.9 Å². The van der Waals surface area contributed by atoms with Crippen LogP contribution >= 0.6 is 0 Å². The van der Waals surface area contributed by atoms with Gasteiger partial charge in [0, 0.05) is 6.54 Å². The van der Waals surface area contributed by atoms with E-state index in [0.29, 0.717) is 30.2 Å². The van der Waals surface area contributed by atoms with Crippen molar-refractivity contribution in [3.63, 3.8) is 0 Å². The van der Waals surface area contributed by atoms with Gasteiger partial charge in [-0.3, -0.25) is 9.59 Å². The third kappa shape index (κ3) is 6.46. The van der Waals surface area contributed by atoms with Crippen molar-refractivity contribution in [3.05, 3.63) is 90.2 Å². The van der Waals surface area contributed by atoms with Crippen LogP contribution in [0.2, 0.25) is 0 Å². The summed E-state index contributed by atoms with van der Waals surface area (Å²) >= 11 is 0. The number of hydrogen-bond acceptors (Lipinski definition) is 3. The molecule has 0 aliphatic rings. The highest BCUT2D eigenvalue weighted by atomic mass is 19.1. The molecule has 0 aliphatic carbocycles. The first-order chi connectivity index (χ1) is 14.1. The number of ether oxygens (including phenoxy) is 1. The maximum atomic E-state index is 12.9. The van der Waals surface area contributed by atoms with Crippen LogP contribution < -0.4 is 15.4 Å². The number of benzene rings is 3. The number of anilines is 1. The lowest BCUT2D eigenvalue weighted by molar-refractivity contribution is -0.126. The molecule has 0 bridgehead atoms. The molecule has 2 amide bonds. The van der Waals surface area contributed by atoms with E-state index < -0.39 is 5.91 Å². The fourth-order valence-corrected chi connectivity index (χ4v) is 2.67. The van der Waals surface area contributed by atoms with Crippen molar-refractivity contribution in [1.29, 1.82) is 0 Å². The third-order valence-electron chi connectivity index (χ3n) is 4.10. The van der Waals surface area contributed by atoms with Crippen molar-refractivity contribution in [2.45, 2.75) is 12.8 Å². The van der Waals surface area contributed by atoms with Crippen molar-refractivity contribution in [2.24, 2.45) is 0 Å². The Hall–Kier alpha value is -3.67. The van der Waals surface area contributed by atoms with Gasteiger partial charge in [0.05, 0.1) is 5.69 Å². The molecule has 3 rings (SSSR count). The lowest BCUT2D eigenvalue weighted by Gasteiger charge is -2.12. The van der Waals surface area contributed by atoms with E-state index >= 15 is 0 Å². The molecule has 3 aromatic rings. The van der Waals surface area contributed by atoms with Crippen molar-refractivity contribution in [1.82, 2.24) is 5.32 Å². The molecule has 0 heterocycles. The fraction of sp³-hybridized carbons (Fsp3) is 0.130. The van der Waals surface area contributed by atoms with Crippen molar-refractivity contribution >= 4 is 17.5 Å². The van der Waals surface area contributed by atoms with Gasteiger partial charge in [-0.05, 0) is 48.4 Å². The second-order valence-corrected chi connectivity index (χ2v) is 6.36. The Bertz CT molecular complexity index is 959. The molecule has 29 heavy (non-hydrogen) atoms. The molecule has 0 aromatic heterocycles. The average molecular weight is 392 g/mol. The Morgan fingerprint density at radius 1 is 0.828 bits per heavy atom. The fourth-order valence-electron chi connectivity index (χ4n) is 2.67. The molecule has 0 atom stereocenters. The Balaban J connectivity index is 1.48. The molecule has 0 unspecified atom stereocenters. The summed E-state index contributed by atoms with van der Waals surface area (Å²) in [6, 6.07) is 22.3. The first-order valence-electron chi connectivity index (χ1n) is 9.23. The molecule has 0 aliphatic heterocycles. The Kier molecular flexibility index (Phi) is 6.95. The second-order valence-electron chi connectivity index (χ2n) is 6.36. The van der Waals surface area contributed by atoms with Gasteiger partial charge in [0.2, 0.25) is 11.8 Å². The molecule has 0 radical (unpaired) electrons. The third-order valence-corrected chi connectivity index (χ3v) is 4.10. The van der Waals surface area contributed by atoms with E-state index in [2.05, 4.69) is 10.6 Å². The summed E-state index contributed by atoms with van der Waals surface area (Å²) in [6.45, 7) is 0.367. The second kappa shape index (κ2) is 10.0. The Morgan fingerprint density at radius 2 is 1.52 bits per heavy atom. The minimum Gasteiger partial charge on any atom is -0.455 e. The van der Waals surface area contributed by atoms with E-state index in [4.69, 9.17) is 4.74 Å². The van der Waals surface area contributed by atoms with Crippen LogP contribution in [-0.4, -0.2) is 18.4 Å². The largest absolute Gasteiger partial charge is 0.455 e. The predicted octanol–water partition coefficient (Wildman–Crippen LogP) is 4.31. The molecule has 3 aromatic carbocycles. The van der Waals surface area contributed by atoms with Crippen molar-refractivity contribution < 1.29 is 18.7 Å². The highest BCUT2D eigenvalue weighted by Gasteiger charge is 2.12. The van der Waals surface area contributed by atoms with Gasteiger partial charge in [-0.1, -0.05) is 42.5 Å². The number of rotatable bonds is 8. The number of nitrogens with one attached hydrogen (secondary N) is 2. The van der Waals surface area contributed by atoms with Gasteiger partial charge >= 0.3 is 0 Å². The summed E-state index contributed by atoms with van der Waals surface area (Å²) in [5.74, 6) is 0.0157. The van der Waals surface area contributed by atoms with Crippen LogP contribution in [0.5, 0.6) is 11.5 Å². The predicted molar refractivity (Wildman–Crippen MR) is 109 cm³/mol. The molecule has 2 N–H and O–H groups in total. The summed E-state index contributed by atoms with van der Waals surface area (Å²) in [4.78, 5) is 24.2. The summed E-state index contributed by atoms with van der Waals surface area (Å²) in [6.07, 6.45) is 0.254. The van der Waals surface area contributed by atoms with Gasteiger partial charge in [0.15, 0.2) is 5.75 Å². The van der Waals surface area contributed by atoms with Gasteiger partial charge in [0.1, 0.15) is 18.0 Å². The molecular weight excluding hydrogens is 371 g/mol. The van der Waals surface area contributed by atoms with Gasteiger partial charge in [-0.2, -0.15) is 0 Å². The first-order valence-corrected chi connectivity index (χ1v) is 9.23. The lowest BCUT2D eigenvalue weighted by atomic mass is 10.1. The van der Waals surface area contributed by atoms with Crippen LogP contribution in [0, 0.1) is 5.82 Å². The highest BCUT2D eigenvalue weighted by molar-refractivity contribution is 6.04. The molecule has 0 spiro atoms. The van der Waals surface area contributed by atoms with Gasteiger partial charge < -0.3 is 15.4 Å². The maximum Gasteiger partial charge on any atom is 0.233 e. The van der Waals surface area contributed by atoms with E-state index in [1.165, 1.54) is 12.1 Å². The summed E-state index contributed by atoms with van der Waals surface area (Å²) in [5, 5.41) is 5.40. The molecule has 0 saturated heterocycles. The molecule has 0 fully saturated rings. The van der Waals surface area contributed by atoms with E-state index in [-0.39, 0.29) is 18.1 Å². The topological polar surface area (TPSA) is 67.4 Å². The number of halogens is 1. The molecule has 6 heteroatoms. The van der Waals surface area contributed by atoms with Gasteiger partial charge in [-0.25, -0.2) is 4.39 Å². The smallest absolute Gasteiger partial charge is 0.233 e. The Morgan fingerprint density at radius 3 is 2.28 bits per heavy atom. The van der Waals surface area contributed by atoms with Crippen LogP contribution in [0.3, 0.4) is 0 Å². The van der Waals surface area contributed by atoms with E-state index in [9.17, 15) is 14.0 Å². The number of para-hydroxylation sites is 3. The van der Waals surface area contributed by atoms with Gasteiger partial charge in [-0.15, -0.1) is 0 Å². The van der Waals surface area contributed by atoms with Crippen LogP contribution in [0.4, 0.5) is 10.1 Å². The molecule has 0 saturated carbocycles. The SMILES string of the molecule is O=C(CC(=O)Nc1ccccc1Oc1ccccc1)NCCc1ccc(F)cc1. The van der Waals surface area contributed by atoms with E-state index in [1.807, 2.05) is 30.3 Å². The maximum absolute atomic E-state index is 12.9.